The minimum atomic E-state index is -0.730. The van der Waals surface area contributed by atoms with Gasteiger partial charge in [-0.15, -0.1) is 0 Å². The minimum Gasteiger partial charge on any atom is -0.395 e. The van der Waals surface area contributed by atoms with Crippen LogP contribution in [0.1, 0.15) is 12.5 Å². The Morgan fingerprint density at radius 3 is 2.47 bits per heavy atom. The number of nitrogens with one attached hydrogen (secondary N) is 1. The van der Waals surface area contributed by atoms with E-state index in [-0.39, 0.29) is 29.9 Å². The van der Waals surface area contributed by atoms with Gasteiger partial charge in [-0.05, 0) is 25.3 Å². The predicted octanol–water partition coefficient (Wildman–Crippen LogP) is 1.74. The lowest BCUT2D eigenvalue weighted by Crippen LogP contribution is -2.42. The molecule has 0 saturated heterocycles. The third-order valence-corrected chi connectivity index (χ3v) is 3.99. The van der Waals surface area contributed by atoms with Crippen LogP contribution in [0.3, 0.4) is 0 Å². The SMILES string of the molecule is CSC(CO)C(C)NC(=O)Cc1c(F)cccc1F. The van der Waals surface area contributed by atoms with Crippen molar-refractivity contribution in [1.29, 1.82) is 0 Å². The summed E-state index contributed by atoms with van der Waals surface area (Å²) in [5, 5.41) is 11.6. The standard InChI is InChI=1S/C13H17F2NO2S/c1-8(12(7-17)19-2)16-13(18)6-9-10(14)4-3-5-11(9)15/h3-5,8,12,17H,6-7H2,1-2H3,(H,16,18). The maximum atomic E-state index is 13.4. The number of aliphatic hydroxyl groups excluding tert-OH is 1. The first kappa shape index (κ1) is 15.9. The van der Waals surface area contributed by atoms with E-state index in [1.165, 1.54) is 17.8 Å². The van der Waals surface area contributed by atoms with E-state index >= 15 is 0 Å². The van der Waals surface area contributed by atoms with Crippen molar-refractivity contribution in [2.75, 3.05) is 12.9 Å². The second-order valence-corrected chi connectivity index (χ2v) is 5.27. The number of hydrogen-bond acceptors (Lipinski definition) is 3. The second kappa shape index (κ2) is 7.45. The summed E-state index contributed by atoms with van der Waals surface area (Å²) in [6.45, 7) is 1.67. The summed E-state index contributed by atoms with van der Waals surface area (Å²) < 4.78 is 26.8. The molecule has 0 heterocycles. The molecular formula is C13H17F2NO2S. The van der Waals surface area contributed by atoms with Gasteiger partial charge < -0.3 is 10.4 Å². The van der Waals surface area contributed by atoms with Crippen LogP contribution in [-0.2, 0) is 11.2 Å². The Labute approximate surface area is 115 Å². The van der Waals surface area contributed by atoms with Gasteiger partial charge in [0.1, 0.15) is 11.6 Å². The summed E-state index contributed by atoms with van der Waals surface area (Å²) in [7, 11) is 0. The van der Waals surface area contributed by atoms with E-state index in [0.717, 1.165) is 12.1 Å². The third-order valence-electron chi connectivity index (χ3n) is 2.83. The molecule has 19 heavy (non-hydrogen) atoms. The first-order valence-electron chi connectivity index (χ1n) is 5.85. The summed E-state index contributed by atoms with van der Waals surface area (Å²) >= 11 is 1.42. The molecule has 0 aromatic heterocycles. The first-order chi connectivity index (χ1) is 8.99. The van der Waals surface area contributed by atoms with Gasteiger partial charge in [-0.25, -0.2) is 8.78 Å². The molecule has 0 saturated carbocycles. The smallest absolute Gasteiger partial charge is 0.224 e. The average molecular weight is 289 g/mol. The number of rotatable bonds is 6. The zero-order valence-electron chi connectivity index (χ0n) is 10.8. The third kappa shape index (κ3) is 4.47. The van der Waals surface area contributed by atoms with Gasteiger partial charge in [0.2, 0.25) is 5.91 Å². The van der Waals surface area contributed by atoms with E-state index in [0.29, 0.717) is 0 Å². The highest BCUT2D eigenvalue weighted by Crippen LogP contribution is 2.14. The van der Waals surface area contributed by atoms with Crippen molar-refractivity contribution in [2.24, 2.45) is 0 Å². The van der Waals surface area contributed by atoms with Crippen LogP contribution in [0.5, 0.6) is 0 Å². The summed E-state index contributed by atoms with van der Waals surface area (Å²) in [4.78, 5) is 11.7. The molecule has 1 aromatic carbocycles. The first-order valence-corrected chi connectivity index (χ1v) is 7.14. The molecule has 1 rings (SSSR count). The minimum absolute atomic E-state index is 0.0727. The van der Waals surface area contributed by atoms with E-state index in [1.807, 2.05) is 6.26 Å². The fraction of sp³-hybridized carbons (Fsp3) is 0.462. The van der Waals surface area contributed by atoms with Gasteiger partial charge in [-0.2, -0.15) is 11.8 Å². The molecular weight excluding hydrogens is 272 g/mol. The molecule has 6 heteroatoms. The Kier molecular flexibility index (Phi) is 6.24. The molecule has 0 fully saturated rings. The fourth-order valence-corrected chi connectivity index (χ4v) is 2.32. The summed E-state index contributed by atoms with van der Waals surface area (Å²) in [6, 6.07) is 3.22. The van der Waals surface area contributed by atoms with Gasteiger partial charge >= 0.3 is 0 Å². The van der Waals surface area contributed by atoms with Gasteiger partial charge in [0.25, 0.3) is 0 Å². The maximum Gasteiger partial charge on any atom is 0.224 e. The van der Waals surface area contributed by atoms with Gasteiger partial charge in [0.05, 0.1) is 13.0 Å². The van der Waals surface area contributed by atoms with Crippen LogP contribution in [0, 0.1) is 11.6 Å². The number of aliphatic hydroxyl groups is 1. The molecule has 2 atom stereocenters. The number of carbonyl (C=O) groups excluding carboxylic acids is 1. The molecule has 0 aliphatic heterocycles. The van der Waals surface area contributed by atoms with Crippen LogP contribution in [0.25, 0.3) is 0 Å². The molecule has 2 unspecified atom stereocenters. The second-order valence-electron chi connectivity index (χ2n) is 4.19. The lowest BCUT2D eigenvalue weighted by Gasteiger charge is -2.21. The Hall–Kier alpha value is -1.14. The molecule has 0 spiro atoms. The zero-order valence-corrected chi connectivity index (χ0v) is 11.6. The number of thioether (sulfide) groups is 1. The number of amides is 1. The molecule has 1 amide bonds. The quantitative estimate of drug-likeness (QED) is 0.838. The van der Waals surface area contributed by atoms with Crippen molar-refractivity contribution in [1.82, 2.24) is 5.32 Å². The van der Waals surface area contributed by atoms with Crippen molar-refractivity contribution in [3.63, 3.8) is 0 Å². The number of benzene rings is 1. The van der Waals surface area contributed by atoms with Crippen LogP contribution in [-0.4, -0.2) is 35.2 Å². The van der Waals surface area contributed by atoms with Crippen LogP contribution in [0.15, 0.2) is 18.2 Å². The number of hydrogen-bond donors (Lipinski definition) is 2. The Bertz CT molecular complexity index is 418. The Morgan fingerprint density at radius 2 is 2.00 bits per heavy atom. The topological polar surface area (TPSA) is 49.3 Å². The highest BCUT2D eigenvalue weighted by molar-refractivity contribution is 7.99. The molecule has 0 bridgehead atoms. The Morgan fingerprint density at radius 1 is 1.42 bits per heavy atom. The number of halogens is 2. The van der Waals surface area contributed by atoms with Gasteiger partial charge in [-0.3, -0.25) is 4.79 Å². The lowest BCUT2D eigenvalue weighted by atomic mass is 10.1. The Balaban J connectivity index is 2.65. The molecule has 0 aliphatic rings. The zero-order chi connectivity index (χ0) is 14.4. The summed E-state index contributed by atoms with van der Waals surface area (Å²) in [6.07, 6.45) is 1.47. The van der Waals surface area contributed by atoms with Gasteiger partial charge in [0, 0.05) is 16.9 Å². The summed E-state index contributed by atoms with van der Waals surface area (Å²) in [5.41, 5.74) is -0.239. The van der Waals surface area contributed by atoms with E-state index in [2.05, 4.69) is 5.32 Å². The van der Waals surface area contributed by atoms with Crippen molar-refractivity contribution < 1.29 is 18.7 Å². The van der Waals surface area contributed by atoms with Crippen LogP contribution < -0.4 is 5.32 Å². The van der Waals surface area contributed by atoms with Gasteiger partial charge in [0.15, 0.2) is 0 Å². The van der Waals surface area contributed by atoms with Gasteiger partial charge in [-0.1, -0.05) is 6.07 Å². The fourth-order valence-electron chi connectivity index (χ4n) is 1.70. The predicted molar refractivity (Wildman–Crippen MR) is 72.1 cm³/mol. The molecule has 3 nitrogen and oxygen atoms in total. The van der Waals surface area contributed by atoms with Crippen molar-refractivity contribution in [3.05, 3.63) is 35.4 Å². The van der Waals surface area contributed by atoms with Crippen molar-refractivity contribution in [3.8, 4) is 0 Å². The molecule has 0 radical (unpaired) electrons. The van der Waals surface area contributed by atoms with E-state index in [1.54, 1.807) is 6.92 Å². The molecule has 1 aromatic rings. The normalized spacial score (nSPS) is 13.9. The van der Waals surface area contributed by atoms with E-state index in [4.69, 9.17) is 5.11 Å². The highest BCUT2D eigenvalue weighted by Gasteiger charge is 2.19. The maximum absolute atomic E-state index is 13.4. The summed E-state index contributed by atoms with van der Waals surface area (Å²) in [5.74, 6) is -1.93. The average Bonchev–Trinajstić information content (AvgIpc) is 2.35. The van der Waals surface area contributed by atoms with Crippen LogP contribution in [0.2, 0.25) is 0 Å². The highest BCUT2D eigenvalue weighted by atomic mass is 32.2. The van der Waals surface area contributed by atoms with E-state index < -0.39 is 17.5 Å². The van der Waals surface area contributed by atoms with Crippen LogP contribution >= 0.6 is 11.8 Å². The molecule has 106 valence electrons. The lowest BCUT2D eigenvalue weighted by molar-refractivity contribution is -0.121. The monoisotopic (exact) mass is 289 g/mol. The van der Waals surface area contributed by atoms with Crippen molar-refractivity contribution >= 4 is 17.7 Å². The van der Waals surface area contributed by atoms with Crippen LogP contribution in [0.4, 0.5) is 8.78 Å². The van der Waals surface area contributed by atoms with Crippen molar-refractivity contribution in [2.45, 2.75) is 24.6 Å². The largest absolute Gasteiger partial charge is 0.395 e. The molecule has 2 N–H and O–H groups in total. The number of carbonyl (C=O) groups is 1. The molecule has 0 aliphatic carbocycles. The van der Waals surface area contributed by atoms with E-state index in [9.17, 15) is 13.6 Å².